The summed E-state index contributed by atoms with van der Waals surface area (Å²) in [6, 6.07) is 3.69. The van der Waals surface area contributed by atoms with Gasteiger partial charge in [0.25, 0.3) is 0 Å². The van der Waals surface area contributed by atoms with E-state index in [-0.39, 0.29) is 11.9 Å². The fourth-order valence-corrected chi connectivity index (χ4v) is 3.18. The lowest BCUT2D eigenvalue weighted by Gasteiger charge is -2.35. The molecule has 1 aliphatic rings. The van der Waals surface area contributed by atoms with Crippen molar-refractivity contribution < 1.29 is 19.0 Å². The zero-order valence-electron chi connectivity index (χ0n) is 15.0. The lowest BCUT2D eigenvalue weighted by Crippen LogP contribution is -2.49. The van der Waals surface area contributed by atoms with Gasteiger partial charge >= 0.3 is 0 Å². The Morgan fingerprint density at radius 2 is 1.88 bits per heavy atom. The van der Waals surface area contributed by atoms with Crippen molar-refractivity contribution in [1.82, 2.24) is 5.32 Å². The SMILES string of the molecule is COc1cc(C)c(C(C)NC(=O)C2(CN)CCOCC2)cc1OC. The number of hydrogen-bond acceptors (Lipinski definition) is 5. The van der Waals surface area contributed by atoms with Crippen LogP contribution in [-0.2, 0) is 9.53 Å². The van der Waals surface area contributed by atoms with E-state index in [1.165, 1.54) is 0 Å². The standard InChI is InChI=1S/C18H28N2O4/c1-12-9-15(22-3)16(23-4)10-14(12)13(2)20-17(21)18(11-19)5-7-24-8-6-18/h9-10,13H,5-8,11,19H2,1-4H3,(H,20,21). The van der Waals surface area contributed by atoms with Crippen LogP contribution in [0.4, 0.5) is 0 Å². The summed E-state index contributed by atoms with van der Waals surface area (Å²) in [5.74, 6) is 1.33. The highest BCUT2D eigenvalue weighted by molar-refractivity contribution is 5.83. The normalized spacial score (nSPS) is 17.9. The molecule has 0 saturated carbocycles. The lowest BCUT2D eigenvalue weighted by molar-refractivity contribution is -0.136. The smallest absolute Gasteiger partial charge is 0.228 e. The van der Waals surface area contributed by atoms with E-state index in [1.54, 1.807) is 14.2 Å². The van der Waals surface area contributed by atoms with E-state index in [0.717, 1.165) is 11.1 Å². The Hall–Kier alpha value is -1.79. The van der Waals surface area contributed by atoms with Crippen LogP contribution in [0.15, 0.2) is 12.1 Å². The van der Waals surface area contributed by atoms with E-state index in [2.05, 4.69) is 5.32 Å². The maximum Gasteiger partial charge on any atom is 0.228 e. The van der Waals surface area contributed by atoms with Crippen molar-refractivity contribution in [2.45, 2.75) is 32.7 Å². The van der Waals surface area contributed by atoms with Crippen molar-refractivity contribution in [3.63, 3.8) is 0 Å². The van der Waals surface area contributed by atoms with Crippen LogP contribution in [0.25, 0.3) is 0 Å². The van der Waals surface area contributed by atoms with E-state index in [4.69, 9.17) is 19.9 Å². The monoisotopic (exact) mass is 336 g/mol. The van der Waals surface area contributed by atoms with Crippen LogP contribution in [0.2, 0.25) is 0 Å². The molecular formula is C18H28N2O4. The summed E-state index contributed by atoms with van der Waals surface area (Å²) < 4.78 is 16.1. The van der Waals surface area contributed by atoms with Crippen molar-refractivity contribution in [3.05, 3.63) is 23.3 Å². The zero-order valence-corrected chi connectivity index (χ0v) is 15.0. The fraction of sp³-hybridized carbons (Fsp3) is 0.611. The molecule has 1 aromatic carbocycles. The topological polar surface area (TPSA) is 82.8 Å². The van der Waals surface area contributed by atoms with Crippen molar-refractivity contribution in [2.24, 2.45) is 11.1 Å². The number of methoxy groups -OCH3 is 2. The van der Waals surface area contributed by atoms with Crippen LogP contribution >= 0.6 is 0 Å². The van der Waals surface area contributed by atoms with Gasteiger partial charge in [0.1, 0.15) is 0 Å². The first-order chi connectivity index (χ1) is 11.5. The lowest BCUT2D eigenvalue weighted by atomic mass is 9.79. The largest absolute Gasteiger partial charge is 0.493 e. The summed E-state index contributed by atoms with van der Waals surface area (Å²) in [6.07, 6.45) is 1.32. The number of amides is 1. The molecule has 1 fully saturated rings. The Bertz CT molecular complexity index is 583. The molecule has 134 valence electrons. The maximum atomic E-state index is 12.8. The van der Waals surface area contributed by atoms with Crippen molar-refractivity contribution in [1.29, 1.82) is 0 Å². The Kier molecular flexibility index (Phi) is 6.07. The molecule has 24 heavy (non-hydrogen) atoms. The first-order valence-electron chi connectivity index (χ1n) is 8.28. The number of rotatable bonds is 6. The average molecular weight is 336 g/mol. The number of carbonyl (C=O) groups is 1. The second-order valence-corrected chi connectivity index (χ2v) is 6.36. The number of hydrogen-bond donors (Lipinski definition) is 2. The summed E-state index contributed by atoms with van der Waals surface area (Å²) >= 11 is 0. The minimum Gasteiger partial charge on any atom is -0.493 e. The third-order valence-electron chi connectivity index (χ3n) is 4.91. The Morgan fingerprint density at radius 3 is 2.42 bits per heavy atom. The molecule has 1 heterocycles. The molecule has 3 N–H and O–H groups in total. The van der Waals surface area contributed by atoms with Crippen LogP contribution < -0.4 is 20.5 Å². The predicted molar refractivity (Wildman–Crippen MR) is 92.4 cm³/mol. The van der Waals surface area contributed by atoms with E-state index in [1.807, 2.05) is 26.0 Å². The van der Waals surface area contributed by atoms with E-state index < -0.39 is 5.41 Å². The molecular weight excluding hydrogens is 308 g/mol. The summed E-state index contributed by atoms with van der Waals surface area (Å²) in [6.45, 7) is 5.45. The molecule has 0 bridgehead atoms. The fourth-order valence-electron chi connectivity index (χ4n) is 3.18. The molecule has 2 rings (SSSR count). The molecule has 1 unspecified atom stereocenters. The van der Waals surface area contributed by atoms with Crippen molar-refractivity contribution >= 4 is 5.91 Å². The molecule has 1 amide bonds. The van der Waals surface area contributed by atoms with Gasteiger partial charge < -0.3 is 25.3 Å². The van der Waals surface area contributed by atoms with Crippen molar-refractivity contribution in [2.75, 3.05) is 34.0 Å². The van der Waals surface area contributed by atoms with Crippen LogP contribution in [0.1, 0.15) is 36.9 Å². The zero-order chi connectivity index (χ0) is 17.7. The van der Waals surface area contributed by atoms with Gasteiger partial charge in [0.05, 0.1) is 25.7 Å². The van der Waals surface area contributed by atoms with E-state index >= 15 is 0 Å². The number of ether oxygens (including phenoxy) is 3. The number of nitrogens with two attached hydrogens (primary N) is 1. The maximum absolute atomic E-state index is 12.8. The third-order valence-corrected chi connectivity index (χ3v) is 4.91. The van der Waals surface area contributed by atoms with Crippen LogP contribution in [0.3, 0.4) is 0 Å². The first kappa shape index (κ1) is 18.5. The second kappa shape index (κ2) is 7.85. The van der Waals surface area contributed by atoms with E-state index in [0.29, 0.717) is 44.1 Å². The minimum atomic E-state index is -0.531. The van der Waals surface area contributed by atoms with Gasteiger partial charge in [0, 0.05) is 19.8 Å². The third kappa shape index (κ3) is 3.65. The molecule has 0 radical (unpaired) electrons. The molecule has 1 aromatic rings. The molecule has 1 saturated heterocycles. The molecule has 0 aliphatic carbocycles. The highest BCUT2D eigenvalue weighted by Crippen LogP contribution is 2.34. The van der Waals surface area contributed by atoms with Gasteiger partial charge in [-0.1, -0.05) is 0 Å². The molecule has 1 aliphatic heterocycles. The highest BCUT2D eigenvalue weighted by atomic mass is 16.5. The number of aryl methyl sites for hydroxylation is 1. The first-order valence-corrected chi connectivity index (χ1v) is 8.28. The van der Waals surface area contributed by atoms with Gasteiger partial charge in [-0.25, -0.2) is 0 Å². The molecule has 6 heteroatoms. The Morgan fingerprint density at radius 1 is 1.29 bits per heavy atom. The van der Waals surface area contributed by atoms with Gasteiger partial charge in [-0.15, -0.1) is 0 Å². The van der Waals surface area contributed by atoms with E-state index in [9.17, 15) is 4.79 Å². The Labute approximate surface area is 143 Å². The van der Waals surface area contributed by atoms with Gasteiger partial charge in [0.15, 0.2) is 11.5 Å². The number of carbonyl (C=O) groups excluding carboxylic acids is 1. The molecule has 0 aromatic heterocycles. The summed E-state index contributed by atoms with van der Waals surface area (Å²) in [5.41, 5.74) is 7.42. The van der Waals surface area contributed by atoms with Crippen LogP contribution in [-0.4, -0.2) is 39.9 Å². The van der Waals surface area contributed by atoms with Gasteiger partial charge in [-0.3, -0.25) is 4.79 Å². The molecule has 1 atom stereocenters. The van der Waals surface area contributed by atoms with Gasteiger partial charge in [-0.2, -0.15) is 0 Å². The number of nitrogens with one attached hydrogen (secondary N) is 1. The van der Waals surface area contributed by atoms with Crippen LogP contribution in [0, 0.1) is 12.3 Å². The summed E-state index contributed by atoms with van der Waals surface area (Å²) in [5, 5.41) is 3.12. The quantitative estimate of drug-likeness (QED) is 0.829. The summed E-state index contributed by atoms with van der Waals surface area (Å²) in [7, 11) is 3.21. The van der Waals surface area contributed by atoms with Crippen molar-refractivity contribution in [3.8, 4) is 11.5 Å². The summed E-state index contributed by atoms with van der Waals surface area (Å²) in [4.78, 5) is 12.8. The number of benzene rings is 1. The van der Waals surface area contributed by atoms with Crippen LogP contribution in [0.5, 0.6) is 11.5 Å². The second-order valence-electron chi connectivity index (χ2n) is 6.36. The predicted octanol–water partition coefficient (Wildman–Crippen LogP) is 1.94. The molecule has 0 spiro atoms. The molecule has 6 nitrogen and oxygen atoms in total. The highest BCUT2D eigenvalue weighted by Gasteiger charge is 2.39. The van der Waals surface area contributed by atoms with Gasteiger partial charge in [0.2, 0.25) is 5.91 Å². The minimum absolute atomic E-state index is 0.00464. The Balaban J connectivity index is 2.19. The van der Waals surface area contributed by atoms with Gasteiger partial charge in [-0.05, 0) is 49.9 Å². The average Bonchev–Trinajstić information content (AvgIpc) is 2.61.